The molecule has 0 bridgehead atoms. The average Bonchev–Trinajstić information content (AvgIpc) is 3.34. The maximum atomic E-state index is 12.9. The molecule has 0 unspecified atom stereocenters. The zero-order valence-corrected chi connectivity index (χ0v) is 18.8. The molecule has 3 aromatic rings. The lowest BCUT2D eigenvalue weighted by Gasteiger charge is -2.22. The van der Waals surface area contributed by atoms with Crippen molar-refractivity contribution in [2.75, 3.05) is 20.2 Å². The van der Waals surface area contributed by atoms with Gasteiger partial charge in [-0.3, -0.25) is 9.59 Å². The quantitative estimate of drug-likeness (QED) is 0.545. The molecule has 0 radical (unpaired) electrons. The molecule has 0 aliphatic carbocycles. The first-order valence-electron chi connectivity index (χ1n) is 11.1. The van der Waals surface area contributed by atoms with Crippen LogP contribution in [0.3, 0.4) is 0 Å². The lowest BCUT2D eigenvalue weighted by molar-refractivity contribution is -0.150. The molecular weight excluding hydrogens is 432 g/mol. The van der Waals surface area contributed by atoms with E-state index in [0.717, 1.165) is 5.56 Å². The Balaban J connectivity index is 1.36. The molecule has 174 valence electrons. The summed E-state index contributed by atoms with van der Waals surface area (Å²) < 4.78 is 10.6. The normalized spacial score (nSPS) is 17.1. The first-order chi connectivity index (χ1) is 16.5. The predicted molar refractivity (Wildman–Crippen MR) is 127 cm³/mol. The second kappa shape index (κ2) is 10.7. The summed E-state index contributed by atoms with van der Waals surface area (Å²) >= 11 is 0. The number of nitrogens with zero attached hydrogens (tertiary/aromatic N) is 1. The van der Waals surface area contributed by atoms with E-state index >= 15 is 0 Å². The van der Waals surface area contributed by atoms with Gasteiger partial charge in [-0.15, -0.1) is 0 Å². The Morgan fingerprint density at radius 3 is 2.15 bits per heavy atom. The fourth-order valence-electron chi connectivity index (χ4n) is 4.10. The van der Waals surface area contributed by atoms with Gasteiger partial charge in [0.25, 0.3) is 5.91 Å². The largest absolute Gasteiger partial charge is 0.467 e. The molecule has 0 aromatic heterocycles. The molecule has 7 heteroatoms. The van der Waals surface area contributed by atoms with Gasteiger partial charge in [-0.05, 0) is 48.4 Å². The number of carbonyl (C=O) groups excluding carboxylic acids is 3. The molecule has 1 fully saturated rings. The van der Waals surface area contributed by atoms with E-state index in [1.807, 2.05) is 60.7 Å². The standard InChI is InChI=1S/C27H26N2O5/c1-33-27(32)24-16-21(19-8-4-2-5-9-19)18-29(24)25(30)17-28-26(31)20-12-14-23(15-13-20)34-22-10-6-3-7-11-22/h2-15,21,24H,16-18H2,1H3,(H,28,31)/t21-,24+/m1/s1. The molecule has 1 N–H and O–H groups in total. The zero-order chi connectivity index (χ0) is 23.9. The van der Waals surface area contributed by atoms with Gasteiger partial charge in [0.2, 0.25) is 5.91 Å². The van der Waals surface area contributed by atoms with E-state index < -0.39 is 12.0 Å². The van der Waals surface area contributed by atoms with Gasteiger partial charge in [0.1, 0.15) is 17.5 Å². The summed E-state index contributed by atoms with van der Waals surface area (Å²) in [5.74, 6) is 0.169. The van der Waals surface area contributed by atoms with Crippen molar-refractivity contribution in [1.82, 2.24) is 10.2 Å². The van der Waals surface area contributed by atoms with E-state index in [4.69, 9.17) is 9.47 Å². The third kappa shape index (κ3) is 5.43. The Hall–Kier alpha value is -4.13. The van der Waals surface area contributed by atoms with E-state index in [2.05, 4.69) is 5.32 Å². The Morgan fingerprint density at radius 1 is 0.882 bits per heavy atom. The number of hydrogen-bond acceptors (Lipinski definition) is 5. The average molecular weight is 459 g/mol. The summed E-state index contributed by atoms with van der Waals surface area (Å²) in [5.41, 5.74) is 1.47. The van der Waals surface area contributed by atoms with Crippen LogP contribution in [0.25, 0.3) is 0 Å². The Kier molecular flexibility index (Phi) is 7.22. The van der Waals surface area contributed by atoms with Gasteiger partial charge in [0.15, 0.2) is 0 Å². The highest BCUT2D eigenvalue weighted by Crippen LogP contribution is 2.32. The van der Waals surface area contributed by atoms with E-state index in [9.17, 15) is 14.4 Å². The number of hydrogen-bond donors (Lipinski definition) is 1. The summed E-state index contributed by atoms with van der Waals surface area (Å²) in [6, 6.07) is 25.1. The summed E-state index contributed by atoms with van der Waals surface area (Å²) in [6.45, 7) is 0.181. The Bertz CT molecular complexity index is 1130. The number of esters is 1. The van der Waals surface area contributed by atoms with E-state index in [1.165, 1.54) is 12.0 Å². The number of benzene rings is 3. The van der Waals surface area contributed by atoms with Crippen LogP contribution in [0.4, 0.5) is 0 Å². The van der Waals surface area contributed by atoms with Crippen LogP contribution in [0.2, 0.25) is 0 Å². The van der Waals surface area contributed by atoms with Crippen LogP contribution in [0.15, 0.2) is 84.9 Å². The maximum Gasteiger partial charge on any atom is 0.328 e. The summed E-state index contributed by atoms with van der Waals surface area (Å²) in [7, 11) is 1.31. The highest BCUT2D eigenvalue weighted by atomic mass is 16.5. The summed E-state index contributed by atoms with van der Waals surface area (Å²) in [4.78, 5) is 39.3. The Morgan fingerprint density at radius 2 is 1.50 bits per heavy atom. The highest BCUT2D eigenvalue weighted by Gasteiger charge is 2.40. The Labute approximate surface area is 198 Å². The number of likely N-dealkylation sites (tertiary alicyclic amines) is 1. The first-order valence-corrected chi connectivity index (χ1v) is 11.1. The van der Waals surface area contributed by atoms with Crippen LogP contribution < -0.4 is 10.1 Å². The van der Waals surface area contributed by atoms with Crippen molar-refractivity contribution in [2.24, 2.45) is 0 Å². The first kappa shape index (κ1) is 23.0. The van der Waals surface area contributed by atoms with E-state index in [1.54, 1.807) is 24.3 Å². The molecule has 2 amide bonds. The third-order valence-corrected chi connectivity index (χ3v) is 5.86. The smallest absolute Gasteiger partial charge is 0.328 e. The van der Waals surface area contributed by atoms with Crippen LogP contribution in [-0.2, 0) is 14.3 Å². The lowest BCUT2D eigenvalue weighted by Crippen LogP contribution is -2.45. The number of methoxy groups -OCH3 is 1. The van der Waals surface area contributed by atoms with Gasteiger partial charge in [0.05, 0.1) is 13.7 Å². The molecular formula is C27H26N2O5. The maximum absolute atomic E-state index is 12.9. The molecule has 1 aliphatic rings. The minimum atomic E-state index is -0.672. The number of rotatable bonds is 7. The van der Waals surface area contributed by atoms with E-state index in [-0.39, 0.29) is 24.3 Å². The van der Waals surface area contributed by atoms with Crippen LogP contribution in [0.5, 0.6) is 11.5 Å². The third-order valence-electron chi connectivity index (χ3n) is 5.86. The van der Waals surface area contributed by atoms with Crippen molar-refractivity contribution in [3.05, 3.63) is 96.1 Å². The topological polar surface area (TPSA) is 84.9 Å². The van der Waals surface area contributed by atoms with Crippen molar-refractivity contribution < 1.29 is 23.9 Å². The molecule has 0 saturated carbocycles. The van der Waals surface area contributed by atoms with Crippen molar-refractivity contribution in [3.63, 3.8) is 0 Å². The van der Waals surface area contributed by atoms with Gasteiger partial charge < -0.3 is 19.7 Å². The van der Waals surface area contributed by atoms with Crippen molar-refractivity contribution in [3.8, 4) is 11.5 Å². The highest BCUT2D eigenvalue weighted by molar-refractivity contribution is 5.97. The van der Waals surface area contributed by atoms with Gasteiger partial charge in [-0.2, -0.15) is 0 Å². The van der Waals surface area contributed by atoms with Gasteiger partial charge >= 0.3 is 5.97 Å². The second-order valence-electron chi connectivity index (χ2n) is 8.05. The molecule has 0 spiro atoms. The van der Waals surface area contributed by atoms with Crippen LogP contribution >= 0.6 is 0 Å². The molecule has 1 saturated heterocycles. The fraction of sp³-hybridized carbons (Fsp3) is 0.222. The van der Waals surface area contributed by atoms with Gasteiger partial charge in [-0.1, -0.05) is 48.5 Å². The summed E-state index contributed by atoms with van der Waals surface area (Å²) in [6.07, 6.45) is 0.485. The van der Waals surface area contributed by atoms with Crippen LogP contribution in [0.1, 0.15) is 28.3 Å². The lowest BCUT2D eigenvalue weighted by atomic mass is 9.96. The monoisotopic (exact) mass is 458 g/mol. The minimum absolute atomic E-state index is 0.0297. The predicted octanol–water partition coefficient (Wildman–Crippen LogP) is 3.77. The van der Waals surface area contributed by atoms with Crippen LogP contribution in [-0.4, -0.2) is 48.9 Å². The van der Waals surface area contributed by atoms with Crippen LogP contribution in [0, 0.1) is 0 Å². The van der Waals surface area contributed by atoms with E-state index in [0.29, 0.717) is 30.0 Å². The number of amides is 2. The van der Waals surface area contributed by atoms with Crippen molar-refractivity contribution >= 4 is 17.8 Å². The van der Waals surface area contributed by atoms with Gasteiger partial charge in [-0.25, -0.2) is 4.79 Å². The number of nitrogens with one attached hydrogen (secondary N) is 1. The molecule has 4 rings (SSSR count). The van der Waals surface area contributed by atoms with Crippen molar-refractivity contribution in [1.29, 1.82) is 0 Å². The molecule has 34 heavy (non-hydrogen) atoms. The molecule has 3 aromatic carbocycles. The number of carbonyl (C=O) groups is 3. The zero-order valence-electron chi connectivity index (χ0n) is 18.8. The van der Waals surface area contributed by atoms with Gasteiger partial charge in [0, 0.05) is 18.0 Å². The minimum Gasteiger partial charge on any atom is -0.467 e. The molecule has 1 aliphatic heterocycles. The second-order valence-corrected chi connectivity index (χ2v) is 8.05. The fourth-order valence-corrected chi connectivity index (χ4v) is 4.10. The number of para-hydroxylation sites is 1. The molecule has 1 heterocycles. The molecule has 7 nitrogen and oxygen atoms in total. The number of ether oxygens (including phenoxy) is 2. The van der Waals surface area contributed by atoms with Crippen molar-refractivity contribution in [2.45, 2.75) is 18.4 Å². The summed E-state index contributed by atoms with van der Waals surface area (Å²) in [5, 5.41) is 2.65. The molecule has 2 atom stereocenters. The SMILES string of the molecule is COC(=O)[C@@H]1C[C@@H](c2ccccc2)CN1C(=O)CNC(=O)c1ccc(Oc2ccccc2)cc1.